The third-order valence-electron chi connectivity index (χ3n) is 5.55. The molecule has 1 aliphatic heterocycles. The molecule has 28 heavy (non-hydrogen) atoms. The van der Waals surface area contributed by atoms with E-state index in [4.69, 9.17) is 4.74 Å². The number of aromatic nitrogens is 3. The van der Waals surface area contributed by atoms with Gasteiger partial charge in [0.25, 0.3) is 0 Å². The third kappa shape index (κ3) is 2.94. The van der Waals surface area contributed by atoms with Crippen LogP contribution in [0.1, 0.15) is 28.6 Å². The quantitative estimate of drug-likeness (QED) is 0.587. The fourth-order valence-electron chi connectivity index (χ4n) is 4.19. The number of para-hydroxylation sites is 1. The number of H-pyrrole nitrogens is 1. The molecule has 0 fully saturated rings. The minimum absolute atomic E-state index is 0.0945. The summed E-state index contributed by atoms with van der Waals surface area (Å²) in [6.45, 7) is 1.81. The molecule has 5 nitrogen and oxygen atoms in total. The summed E-state index contributed by atoms with van der Waals surface area (Å²) < 4.78 is 5.47. The number of methoxy groups -OCH3 is 1. The van der Waals surface area contributed by atoms with Crippen molar-refractivity contribution in [2.75, 3.05) is 13.7 Å². The van der Waals surface area contributed by atoms with Crippen LogP contribution in [0.15, 0.2) is 67.1 Å². The van der Waals surface area contributed by atoms with Gasteiger partial charge in [-0.05, 0) is 35.4 Å². The van der Waals surface area contributed by atoms with Crippen molar-refractivity contribution in [1.29, 1.82) is 0 Å². The lowest BCUT2D eigenvalue weighted by molar-refractivity contribution is 0.200. The molecule has 2 aromatic heterocycles. The Bertz CT molecular complexity index is 1120. The minimum atomic E-state index is 0.0945. The predicted octanol–water partition coefficient (Wildman–Crippen LogP) is 4.11. The van der Waals surface area contributed by atoms with Crippen molar-refractivity contribution in [2.24, 2.45) is 0 Å². The topological polar surface area (TPSA) is 54.0 Å². The SMILES string of the molecule is COc1cccc([C@H]2c3nc[nH]c3CCN2Cc2ccnc3ccccc23)c1. The van der Waals surface area contributed by atoms with Crippen molar-refractivity contribution in [3.8, 4) is 5.75 Å². The Morgan fingerprint density at radius 3 is 2.96 bits per heavy atom. The first kappa shape index (κ1) is 17.0. The maximum atomic E-state index is 5.47. The molecule has 0 amide bonds. The second kappa shape index (κ2) is 7.09. The lowest BCUT2D eigenvalue weighted by atomic mass is 9.94. The maximum Gasteiger partial charge on any atom is 0.119 e. The van der Waals surface area contributed by atoms with E-state index in [1.807, 2.05) is 24.7 Å². The average Bonchev–Trinajstić information content (AvgIpc) is 3.23. The van der Waals surface area contributed by atoms with Gasteiger partial charge in [-0.2, -0.15) is 0 Å². The molecule has 140 valence electrons. The van der Waals surface area contributed by atoms with E-state index in [0.29, 0.717) is 0 Å². The fourth-order valence-corrected chi connectivity index (χ4v) is 4.19. The summed E-state index contributed by atoms with van der Waals surface area (Å²) in [6, 6.07) is 18.9. The van der Waals surface area contributed by atoms with Gasteiger partial charge in [0.2, 0.25) is 0 Å². The first-order valence-electron chi connectivity index (χ1n) is 9.56. The van der Waals surface area contributed by atoms with Crippen molar-refractivity contribution >= 4 is 10.9 Å². The molecule has 2 aromatic carbocycles. The minimum Gasteiger partial charge on any atom is -0.497 e. The summed E-state index contributed by atoms with van der Waals surface area (Å²) in [5, 5.41) is 1.21. The Morgan fingerprint density at radius 2 is 2.04 bits per heavy atom. The molecule has 1 aliphatic rings. The van der Waals surface area contributed by atoms with Gasteiger partial charge >= 0.3 is 0 Å². The standard InChI is InChI=1S/C23H22N4O/c1-28-18-6-4-5-16(13-18)23-22-21(25-15-26-22)10-12-27(23)14-17-9-11-24-20-8-3-2-7-19(17)20/h2-9,11,13,15,23H,10,12,14H2,1H3,(H,25,26)/t23-/m0/s1. The van der Waals surface area contributed by atoms with Crippen molar-refractivity contribution in [3.05, 3.63) is 89.6 Å². The van der Waals surface area contributed by atoms with Crippen LogP contribution < -0.4 is 4.74 Å². The zero-order valence-electron chi connectivity index (χ0n) is 15.8. The molecule has 0 radical (unpaired) electrons. The number of ether oxygens (including phenoxy) is 1. The fraction of sp³-hybridized carbons (Fsp3) is 0.217. The van der Waals surface area contributed by atoms with Crippen LogP contribution in [0.4, 0.5) is 0 Å². The van der Waals surface area contributed by atoms with Gasteiger partial charge in [0.15, 0.2) is 0 Å². The lowest BCUT2D eigenvalue weighted by Crippen LogP contribution is -2.35. The number of hydrogen-bond acceptors (Lipinski definition) is 4. The van der Waals surface area contributed by atoms with Crippen LogP contribution in [0.2, 0.25) is 0 Å². The number of nitrogens with one attached hydrogen (secondary N) is 1. The molecule has 1 atom stereocenters. The molecule has 5 heteroatoms. The average molecular weight is 370 g/mol. The van der Waals surface area contributed by atoms with Gasteiger partial charge in [0.1, 0.15) is 5.75 Å². The number of fused-ring (bicyclic) bond motifs is 2. The maximum absolute atomic E-state index is 5.47. The Kier molecular flexibility index (Phi) is 4.29. The zero-order chi connectivity index (χ0) is 18.9. The molecule has 0 unspecified atom stereocenters. The van der Waals surface area contributed by atoms with Gasteiger partial charge in [0.05, 0.1) is 30.7 Å². The van der Waals surface area contributed by atoms with Gasteiger partial charge in [-0.25, -0.2) is 4.98 Å². The van der Waals surface area contributed by atoms with E-state index >= 15 is 0 Å². The van der Waals surface area contributed by atoms with Gasteiger partial charge < -0.3 is 9.72 Å². The van der Waals surface area contributed by atoms with Crippen LogP contribution in [-0.4, -0.2) is 33.5 Å². The molecule has 0 saturated heterocycles. The summed E-state index contributed by atoms with van der Waals surface area (Å²) >= 11 is 0. The number of nitrogens with zero attached hydrogens (tertiary/aromatic N) is 3. The van der Waals surface area contributed by atoms with Crippen molar-refractivity contribution < 1.29 is 4.74 Å². The number of aromatic amines is 1. The normalized spacial score (nSPS) is 16.8. The molecular weight excluding hydrogens is 348 g/mol. The van der Waals surface area contributed by atoms with E-state index in [1.54, 1.807) is 7.11 Å². The lowest BCUT2D eigenvalue weighted by Gasteiger charge is -2.35. The van der Waals surface area contributed by atoms with E-state index in [0.717, 1.165) is 36.5 Å². The van der Waals surface area contributed by atoms with Crippen LogP contribution in [0.5, 0.6) is 5.75 Å². The molecule has 5 rings (SSSR count). The number of imidazole rings is 1. The Labute approximate surface area is 164 Å². The molecule has 0 bridgehead atoms. The van der Waals surface area contributed by atoms with E-state index in [2.05, 4.69) is 62.3 Å². The van der Waals surface area contributed by atoms with Gasteiger partial charge in [-0.15, -0.1) is 0 Å². The van der Waals surface area contributed by atoms with Crippen molar-refractivity contribution in [1.82, 2.24) is 19.9 Å². The van der Waals surface area contributed by atoms with Gasteiger partial charge in [-0.3, -0.25) is 9.88 Å². The first-order valence-corrected chi connectivity index (χ1v) is 9.56. The summed E-state index contributed by atoms with van der Waals surface area (Å²) in [6.07, 6.45) is 4.68. The molecule has 0 aliphatic carbocycles. The van der Waals surface area contributed by atoms with E-state index in [-0.39, 0.29) is 6.04 Å². The predicted molar refractivity (Wildman–Crippen MR) is 109 cm³/mol. The molecule has 4 aromatic rings. The summed E-state index contributed by atoms with van der Waals surface area (Å²) in [5.41, 5.74) is 5.86. The highest BCUT2D eigenvalue weighted by atomic mass is 16.5. The zero-order valence-corrected chi connectivity index (χ0v) is 15.8. The highest BCUT2D eigenvalue weighted by Crippen LogP contribution is 2.36. The van der Waals surface area contributed by atoms with E-state index in [9.17, 15) is 0 Å². The number of pyridine rings is 1. The molecule has 0 saturated carbocycles. The van der Waals surface area contributed by atoms with Crippen molar-refractivity contribution in [2.45, 2.75) is 19.0 Å². The molecular formula is C23H22N4O. The van der Waals surface area contributed by atoms with Gasteiger partial charge in [-0.1, -0.05) is 30.3 Å². The number of rotatable bonds is 4. The Morgan fingerprint density at radius 1 is 1.11 bits per heavy atom. The highest BCUT2D eigenvalue weighted by molar-refractivity contribution is 5.81. The monoisotopic (exact) mass is 370 g/mol. The van der Waals surface area contributed by atoms with Crippen LogP contribution in [0.3, 0.4) is 0 Å². The Balaban J connectivity index is 1.57. The number of benzene rings is 2. The highest BCUT2D eigenvalue weighted by Gasteiger charge is 2.31. The van der Waals surface area contributed by atoms with Crippen LogP contribution >= 0.6 is 0 Å². The first-order chi connectivity index (χ1) is 13.8. The molecule has 1 N–H and O–H groups in total. The summed E-state index contributed by atoms with van der Waals surface area (Å²) in [7, 11) is 1.71. The molecule has 3 heterocycles. The van der Waals surface area contributed by atoms with Crippen molar-refractivity contribution in [3.63, 3.8) is 0 Å². The summed E-state index contributed by atoms with van der Waals surface area (Å²) in [5.74, 6) is 0.870. The smallest absolute Gasteiger partial charge is 0.119 e. The second-order valence-electron chi connectivity index (χ2n) is 7.15. The third-order valence-corrected chi connectivity index (χ3v) is 5.55. The largest absolute Gasteiger partial charge is 0.497 e. The Hall–Kier alpha value is -3.18. The van der Waals surface area contributed by atoms with Crippen LogP contribution in [0, 0.1) is 0 Å². The van der Waals surface area contributed by atoms with E-state index < -0.39 is 0 Å². The molecule has 0 spiro atoms. The van der Waals surface area contributed by atoms with E-state index in [1.165, 1.54) is 22.2 Å². The summed E-state index contributed by atoms with van der Waals surface area (Å²) in [4.78, 5) is 15.0. The van der Waals surface area contributed by atoms with Crippen LogP contribution in [0.25, 0.3) is 10.9 Å². The second-order valence-corrected chi connectivity index (χ2v) is 7.15. The van der Waals surface area contributed by atoms with Gasteiger partial charge in [0, 0.05) is 36.8 Å². The van der Waals surface area contributed by atoms with Crippen LogP contribution in [-0.2, 0) is 13.0 Å². The number of hydrogen-bond donors (Lipinski definition) is 1.